The molecule has 0 amide bonds. The maximum absolute atomic E-state index is 10.7. The van der Waals surface area contributed by atoms with E-state index in [0.717, 1.165) is 31.7 Å². The molecule has 1 heterocycles. The molecule has 1 aliphatic rings. The van der Waals surface area contributed by atoms with Crippen LogP contribution in [0.15, 0.2) is 36.4 Å². The van der Waals surface area contributed by atoms with Crippen molar-refractivity contribution in [2.45, 2.75) is 50.0 Å². The summed E-state index contributed by atoms with van der Waals surface area (Å²) in [6.07, 6.45) is 3.15. The predicted octanol–water partition coefficient (Wildman–Crippen LogP) is 3.47. The van der Waals surface area contributed by atoms with Gasteiger partial charge in [0.15, 0.2) is 0 Å². The van der Waals surface area contributed by atoms with Gasteiger partial charge in [0.2, 0.25) is 0 Å². The smallest absolute Gasteiger partial charge is 0.374 e. The van der Waals surface area contributed by atoms with Crippen LogP contribution in [0.1, 0.15) is 32.6 Å². The summed E-state index contributed by atoms with van der Waals surface area (Å²) in [5.41, 5.74) is 0. The number of hydrogen-bond donors (Lipinski definition) is 0. The fraction of sp³-hybridized carbons (Fsp3) is 0.611. The normalized spacial score (nSPS) is 25.2. The van der Waals surface area contributed by atoms with E-state index in [4.69, 9.17) is 18.3 Å². The lowest BCUT2D eigenvalue weighted by Crippen LogP contribution is -2.70. The average molecular weight is 355 g/mol. The number of methoxy groups -OCH3 is 1. The van der Waals surface area contributed by atoms with Gasteiger partial charge < -0.3 is 18.3 Å². The quantitative estimate of drug-likeness (QED) is 0.554. The highest BCUT2D eigenvalue weighted by Gasteiger charge is 2.64. The number of rotatable bonds is 7. The van der Waals surface area contributed by atoms with Gasteiger partial charge in [-0.25, -0.2) is 0 Å². The van der Waals surface area contributed by atoms with E-state index in [1.165, 1.54) is 0 Å². The molecule has 0 bridgehead atoms. The Morgan fingerprint density at radius 1 is 1.08 bits per heavy atom. The number of carbonyl (C=O) groups excluding carboxylic acids is 1. The third kappa shape index (κ3) is 4.45. The van der Waals surface area contributed by atoms with Crippen molar-refractivity contribution in [1.82, 2.24) is 0 Å². The number of benzene rings is 1. The summed E-state index contributed by atoms with van der Waals surface area (Å²) >= 11 is 0. The fourth-order valence-electron chi connectivity index (χ4n) is 3.58. The lowest BCUT2D eigenvalue weighted by atomic mass is 10.0. The van der Waals surface area contributed by atoms with E-state index >= 15 is 0 Å². The Kier molecular flexibility index (Phi) is 9.21. The van der Waals surface area contributed by atoms with Gasteiger partial charge in [0, 0.05) is 21.3 Å². The van der Waals surface area contributed by atoms with Crippen molar-refractivity contribution in [3.63, 3.8) is 0 Å². The van der Waals surface area contributed by atoms with Crippen molar-refractivity contribution in [3.8, 4) is 0 Å². The van der Waals surface area contributed by atoms with Crippen molar-refractivity contribution >= 4 is 15.0 Å². The zero-order valence-electron chi connectivity index (χ0n) is 15.2. The predicted molar refractivity (Wildman–Crippen MR) is 95.8 cm³/mol. The van der Waals surface area contributed by atoms with Crippen LogP contribution >= 0.6 is 0 Å². The van der Waals surface area contributed by atoms with Crippen LogP contribution in [0.25, 0.3) is 0 Å². The van der Waals surface area contributed by atoms with Crippen LogP contribution in [-0.2, 0) is 23.1 Å². The molecule has 0 spiro atoms. The van der Waals surface area contributed by atoms with Gasteiger partial charge in [-0.05, 0) is 25.3 Å². The third-order valence-corrected chi connectivity index (χ3v) is 9.07. The van der Waals surface area contributed by atoms with Crippen LogP contribution in [0.5, 0.6) is 0 Å². The maximum atomic E-state index is 10.7. The fourth-order valence-corrected chi connectivity index (χ4v) is 7.59. The van der Waals surface area contributed by atoms with E-state index in [9.17, 15) is 4.79 Å². The zero-order valence-corrected chi connectivity index (χ0v) is 16.2. The van der Waals surface area contributed by atoms with Gasteiger partial charge in [-0.2, -0.15) is 0 Å². The van der Waals surface area contributed by atoms with E-state index in [2.05, 4.69) is 6.92 Å². The first-order valence-electron chi connectivity index (χ1n) is 8.41. The Morgan fingerprint density at radius 2 is 1.62 bits per heavy atom. The molecule has 1 aromatic rings. The Morgan fingerprint density at radius 3 is 2.00 bits per heavy atom. The summed E-state index contributed by atoms with van der Waals surface area (Å²) in [6, 6.07) is 12.9. The first-order valence-corrected chi connectivity index (χ1v) is 10.4. The minimum absolute atomic E-state index is 0.278. The molecule has 0 radical (unpaired) electrons. The van der Waals surface area contributed by atoms with Crippen molar-refractivity contribution in [2.24, 2.45) is 0 Å². The average Bonchev–Trinajstić information content (AvgIpc) is 2.65. The summed E-state index contributed by atoms with van der Waals surface area (Å²) in [7, 11) is 2.46. The molecule has 0 aliphatic carbocycles. The van der Waals surface area contributed by atoms with E-state index in [0.29, 0.717) is 6.47 Å². The van der Waals surface area contributed by atoms with Gasteiger partial charge in [0.25, 0.3) is 6.47 Å². The number of hydrogen-bond acceptors (Lipinski definition) is 5. The van der Waals surface area contributed by atoms with Gasteiger partial charge >= 0.3 is 8.56 Å². The Balaban J connectivity index is 0.000000400. The van der Waals surface area contributed by atoms with Crippen LogP contribution in [0, 0.1) is 0 Å². The molecule has 24 heavy (non-hydrogen) atoms. The number of ether oxygens (including phenoxy) is 2. The largest absolute Gasteiger partial charge is 0.462 e. The highest BCUT2D eigenvalue weighted by molar-refractivity contribution is 6.71. The SMILES string of the molecule is CCCC1(OC)C(OC=O)CCC[Si]1(OC)OC.c1ccccc1. The summed E-state index contributed by atoms with van der Waals surface area (Å²) in [4.78, 5) is 10.7. The van der Waals surface area contributed by atoms with E-state index < -0.39 is 13.8 Å². The molecular weight excluding hydrogens is 324 g/mol. The Bertz CT molecular complexity index is 425. The van der Waals surface area contributed by atoms with Crippen LogP contribution in [0.2, 0.25) is 6.04 Å². The number of carbonyl (C=O) groups is 1. The second-order valence-corrected chi connectivity index (χ2v) is 9.44. The van der Waals surface area contributed by atoms with Gasteiger partial charge in [-0.1, -0.05) is 49.7 Å². The summed E-state index contributed by atoms with van der Waals surface area (Å²) in [5.74, 6) is 0. The lowest BCUT2D eigenvalue weighted by molar-refractivity contribution is -0.153. The van der Waals surface area contributed by atoms with Crippen molar-refractivity contribution < 1.29 is 23.1 Å². The summed E-state index contributed by atoms with van der Waals surface area (Å²) in [5, 5.41) is -0.607. The van der Waals surface area contributed by atoms with E-state index in [1.807, 2.05) is 36.4 Å². The first kappa shape index (κ1) is 20.8. The monoisotopic (exact) mass is 354 g/mol. The van der Waals surface area contributed by atoms with Gasteiger partial charge in [-0.3, -0.25) is 4.79 Å². The van der Waals surface area contributed by atoms with E-state index in [-0.39, 0.29) is 6.10 Å². The molecule has 0 saturated carbocycles. The topological polar surface area (TPSA) is 54.0 Å². The van der Waals surface area contributed by atoms with Gasteiger partial charge in [0.05, 0.1) is 0 Å². The molecule has 2 atom stereocenters. The van der Waals surface area contributed by atoms with E-state index in [1.54, 1.807) is 21.3 Å². The molecule has 1 fully saturated rings. The first-order chi connectivity index (χ1) is 11.7. The van der Waals surface area contributed by atoms with Gasteiger partial charge in [-0.15, -0.1) is 0 Å². The summed E-state index contributed by atoms with van der Waals surface area (Å²) < 4.78 is 22.6. The summed E-state index contributed by atoms with van der Waals surface area (Å²) in [6.45, 7) is 2.59. The molecule has 1 aliphatic heterocycles. The van der Waals surface area contributed by atoms with Crippen molar-refractivity contribution in [2.75, 3.05) is 21.3 Å². The molecule has 2 unspecified atom stereocenters. The minimum atomic E-state index is -2.54. The highest BCUT2D eigenvalue weighted by atomic mass is 28.4. The molecule has 6 heteroatoms. The van der Waals surface area contributed by atoms with Crippen molar-refractivity contribution in [1.29, 1.82) is 0 Å². The maximum Gasteiger partial charge on any atom is 0.374 e. The van der Waals surface area contributed by atoms with Crippen LogP contribution in [0.3, 0.4) is 0 Å². The standard InChI is InChI=1S/C12H24O5Si.C6H6/c1-5-8-12(14-2)11(17-10-13)7-6-9-18(12,15-3)16-4;1-2-4-6-5-3-1/h10-11H,5-9H2,1-4H3;1-6H. The Hall–Kier alpha value is -1.21. The van der Waals surface area contributed by atoms with Crippen molar-refractivity contribution in [3.05, 3.63) is 36.4 Å². The molecule has 0 aromatic heterocycles. The van der Waals surface area contributed by atoms with Crippen LogP contribution < -0.4 is 0 Å². The second-order valence-electron chi connectivity index (χ2n) is 5.77. The molecule has 0 N–H and O–H groups in total. The van der Waals surface area contributed by atoms with Crippen LogP contribution in [0.4, 0.5) is 0 Å². The van der Waals surface area contributed by atoms with Crippen LogP contribution in [-0.4, -0.2) is 47.7 Å². The molecule has 2 rings (SSSR count). The Labute approximate surface area is 146 Å². The highest BCUT2D eigenvalue weighted by Crippen LogP contribution is 2.44. The molecular formula is C18H30O5Si. The third-order valence-electron chi connectivity index (χ3n) is 4.67. The molecule has 136 valence electrons. The molecule has 1 saturated heterocycles. The minimum Gasteiger partial charge on any atom is -0.462 e. The molecule has 5 nitrogen and oxygen atoms in total. The second kappa shape index (κ2) is 10.6. The zero-order chi connectivity index (χ0) is 17.9. The lowest BCUT2D eigenvalue weighted by Gasteiger charge is -2.51. The molecule has 1 aromatic carbocycles. The van der Waals surface area contributed by atoms with Gasteiger partial charge in [0.1, 0.15) is 11.3 Å².